The maximum atomic E-state index is 11.6. The van der Waals surface area contributed by atoms with Gasteiger partial charge in [-0.15, -0.1) is 11.3 Å². The Kier molecular flexibility index (Phi) is 4.34. The zero-order valence-corrected chi connectivity index (χ0v) is 11.8. The summed E-state index contributed by atoms with van der Waals surface area (Å²) in [5.41, 5.74) is 7.16. The molecule has 2 heterocycles. The Labute approximate surface area is 115 Å². The Hall–Kier alpha value is -1.66. The van der Waals surface area contributed by atoms with Crippen LogP contribution in [0.25, 0.3) is 11.3 Å². The quantitative estimate of drug-likeness (QED) is 0.881. The molecule has 0 saturated heterocycles. The van der Waals surface area contributed by atoms with Crippen LogP contribution in [-0.2, 0) is 4.79 Å². The lowest BCUT2D eigenvalue weighted by Gasteiger charge is -1.99. The van der Waals surface area contributed by atoms with Gasteiger partial charge >= 0.3 is 0 Å². The van der Waals surface area contributed by atoms with Gasteiger partial charge in [0.1, 0.15) is 11.5 Å². The van der Waals surface area contributed by atoms with Crippen molar-refractivity contribution in [2.24, 2.45) is 5.73 Å². The van der Waals surface area contributed by atoms with Crippen LogP contribution in [-0.4, -0.2) is 17.4 Å². The summed E-state index contributed by atoms with van der Waals surface area (Å²) in [7, 11) is 0. The molecular formula is C13H17N3O2S. The zero-order valence-electron chi connectivity index (χ0n) is 11.0. The zero-order chi connectivity index (χ0) is 13.8. The van der Waals surface area contributed by atoms with Crippen LogP contribution in [0.5, 0.6) is 0 Å². The summed E-state index contributed by atoms with van der Waals surface area (Å²) in [5, 5.41) is 5.29. The summed E-state index contributed by atoms with van der Waals surface area (Å²) in [5.74, 6) is 1.64. The molecule has 0 spiro atoms. The van der Waals surface area contributed by atoms with Crippen LogP contribution < -0.4 is 11.1 Å². The smallest absolute Gasteiger partial charge is 0.226 e. The molecule has 0 atom stereocenters. The van der Waals surface area contributed by atoms with Crippen LogP contribution in [0, 0.1) is 13.8 Å². The molecule has 1 amide bonds. The van der Waals surface area contributed by atoms with Gasteiger partial charge in [-0.1, -0.05) is 0 Å². The summed E-state index contributed by atoms with van der Waals surface area (Å²) < 4.78 is 5.48. The van der Waals surface area contributed by atoms with Gasteiger partial charge in [0.25, 0.3) is 0 Å². The molecule has 19 heavy (non-hydrogen) atoms. The standard InChI is InChI=1S/C13H17N3O2S/c1-8-6-10(9(2)18-8)11-7-19-13(15-11)16-12(17)4-3-5-14/h6-7H,3-5,14H2,1-2H3,(H,15,16,17). The third kappa shape index (κ3) is 3.42. The minimum Gasteiger partial charge on any atom is -0.466 e. The molecule has 0 unspecified atom stereocenters. The van der Waals surface area contributed by atoms with Crippen LogP contribution in [0.3, 0.4) is 0 Å². The highest BCUT2D eigenvalue weighted by Gasteiger charge is 2.12. The predicted molar refractivity (Wildman–Crippen MR) is 76.2 cm³/mol. The Morgan fingerprint density at radius 3 is 2.95 bits per heavy atom. The van der Waals surface area contributed by atoms with E-state index in [9.17, 15) is 4.79 Å². The summed E-state index contributed by atoms with van der Waals surface area (Å²) in [6.45, 7) is 4.32. The Morgan fingerprint density at radius 1 is 1.53 bits per heavy atom. The number of carbonyl (C=O) groups excluding carboxylic acids is 1. The Morgan fingerprint density at radius 2 is 2.32 bits per heavy atom. The monoisotopic (exact) mass is 279 g/mol. The molecule has 0 aliphatic carbocycles. The van der Waals surface area contributed by atoms with Gasteiger partial charge in [0.15, 0.2) is 5.13 Å². The van der Waals surface area contributed by atoms with E-state index in [1.165, 1.54) is 11.3 Å². The summed E-state index contributed by atoms with van der Waals surface area (Å²) in [6.07, 6.45) is 1.11. The lowest BCUT2D eigenvalue weighted by Crippen LogP contribution is -2.13. The molecule has 0 aliphatic rings. The summed E-state index contributed by atoms with van der Waals surface area (Å²) in [6, 6.07) is 1.95. The average molecular weight is 279 g/mol. The minimum atomic E-state index is -0.0496. The molecule has 6 heteroatoms. The molecule has 2 rings (SSSR count). The van der Waals surface area contributed by atoms with E-state index in [1.807, 2.05) is 25.3 Å². The van der Waals surface area contributed by atoms with Crippen molar-refractivity contribution in [2.75, 3.05) is 11.9 Å². The van der Waals surface area contributed by atoms with Gasteiger partial charge in [0.2, 0.25) is 5.91 Å². The molecular weight excluding hydrogens is 262 g/mol. The van der Waals surface area contributed by atoms with Crippen LogP contribution in [0.1, 0.15) is 24.4 Å². The third-order valence-electron chi connectivity index (χ3n) is 2.68. The lowest BCUT2D eigenvalue weighted by molar-refractivity contribution is -0.116. The molecule has 0 fully saturated rings. The maximum Gasteiger partial charge on any atom is 0.226 e. The number of amides is 1. The van der Waals surface area contributed by atoms with Crippen molar-refractivity contribution in [1.29, 1.82) is 0 Å². The van der Waals surface area contributed by atoms with Crippen LogP contribution in [0.15, 0.2) is 15.9 Å². The highest BCUT2D eigenvalue weighted by atomic mass is 32.1. The van der Waals surface area contributed by atoms with Gasteiger partial charge < -0.3 is 15.5 Å². The number of aromatic nitrogens is 1. The first-order valence-electron chi connectivity index (χ1n) is 6.13. The van der Waals surface area contributed by atoms with Crippen molar-refractivity contribution >= 4 is 22.4 Å². The SMILES string of the molecule is Cc1cc(-c2csc(NC(=O)CCCN)n2)c(C)o1. The van der Waals surface area contributed by atoms with Crippen molar-refractivity contribution in [3.63, 3.8) is 0 Å². The van der Waals surface area contributed by atoms with Gasteiger partial charge in [0.05, 0.1) is 5.69 Å². The van der Waals surface area contributed by atoms with Crippen molar-refractivity contribution in [2.45, 2.75) is 26.7 Å². The minimum absolute atomic E-state index is 0.0496. The van der Waals surface area contributed by atoms with Gasteiger partial charge in [-0.25, -0.2) is 4.98 Å². The molecule has 0 aromatic carbocycles. The number of furan rings is 1. The molecule has 0 aliphatic heterocycles. The van der Waals surface area contributed by atoms with Gasteiger partial charge in [-0.2, -0.15) is 0 Å². The number of aryl methyl sites for hydroxylation is 2. The molecule has 102 valence electrons. The van der Waals surface area contributed by atoms with Crippen molar-refractivity contribution < 1.29 is 9.21 Å². The fourth-order valence-corrected chi connectivity index (χ4v) is 2.51. The van der Waals surface area contributed by atoms with E-state index in [1.54, 1.807) is 0 Å². The molecule has 0 radical (unpaired) electrons. The number of nitrogens with one attached hydrogen (secondary N) is 1. The van der Waals surface area contributed by atoms with E-state index < -0.39 is 0 Å². The molecule has 0 saturated carbocycles. The number of nitrogens with zero attached hydrogens (tertiary/aromatic N) is 1. The molecule has 0 bridgehead atoms. The van der Waals surface area contributed by atoms with Crippen LogP contribution in [0.2, 0.25) is 0 Å². The topological polar surface area (TPSA) is 81.2 Å². The molecule has 2 aromatic rings. The fourth-order valence-electron chi connectivity index (χ4n) is 1.78. The largest absolute Gasteiger partial charge is 0.466 e. The number of nitrogens with two attached hydrogens (primary N) is 1. The maximum absolute atomic E-state index is 11.6. The second kappa shape index (κ2) is 5.99. The number of anilines is 1. The highest BCUT2D eigenvalue weighted by Crippen LogP contribution is 2.29. The van der Waals surface area contributed by atoms with Gasteiger partial charge in [0, 0.05) is 17.4 Å². The average Bonchev–Trinajstić information content (AvgIpc) is 2.93. The van der Waals surface area contributed by atoms with E-state index >= 15 is 0 Å². The third-order valence-corrected chi connectivity index (χ3v) is 3.43. The van der Waals surface area contributed by atoms with Crippen molar-refractivity contribution in [3.05, 3.63) is 23.0 Å². The molecule has 2 aromatic heterocycles. The number of rotatable bonds is 5. The second-order valence-corrected chi connectivity index (χ2v) is 5.16. The fraction of sp³-hybridized carbons (Fsp3) is 0.385. The molecule has 5 nitrogen and oxygen atoms in total. The first kappa shape index (κ1) is 13.8. The summed E-state index contributed by atoms with van der Waals surface area (Å²) in [4.78, 5) is 16.0. The predicted octanol–water partition coefficient (Wildman–Crippen LogP) is 2.70. The summed E-state index contributed by atoms with van der Waals surface area (Å²) >= 11 is 1.41. The lowest BCUT2D eigenvalue weighted by atomic mass is 10.2. The van der Waals surface area contributed by atoms with E-state index in [4.69, 9.17) is 10.2 Å². The van der Waals surface area contributed by atoms with E-state index in [0.29, 0.717) is 24.5 Å². The van der Waals surface area contributed by atoms with Crippen LogP contribution in [0.4, 0.5) is 5.13 Å². The number of hydrogen-bond acceptors (Lipinski definition) is 5. The second-order valence-electron chi connectivity index (χ2n) is 4.31. The molecule has 3 N–H and O–H groups in total. The first-order valence-corrected chi connectivity index (χ1v) is 7.01. The van der Waals surface area contributed by atoms with Crippen molar-refractivity contribution in [3.8, 4) is 11.3 Å². The number of hydrogen-bond donors (Lipinski definition) is 2. The van der Waals surface area contributed by atoms with E-state index in [-0.39, 0.29) is 5.91 Å². The number of carbonyl (C=O) groups is 1. The Bertz CT molecular complexity index is 574. The van der Waals surface area contributed by atoms with E-state index in [2.05, 4.69) is 10.3 Å². The van der Waals surface area contributed by atoms with E-state index in [0.717, 1.165) is 22.8 Å². The number of thiazole rings is 1. The Balaban J connectivity index is 2.07. The first-order chi connectivity index (χ1) is 9.10. The van der Waals surface area contributed by atoms with Crippen molar-refractivity contribution in [1.82, 2.24) is 4.98 Å². The normalized spacial score (nSPS) is 10.7. The van der Waals surface area contributed by atoms with Crippen LogP contribution >= 0.6 is 11.3 Å². The van der Waals surface area contributed by atoms with Gasteiger partial charge in [-0.05, 0) is 32.9 Å². The highest BCUT2D eigenvalue weighted by molar-refractivity contribution is 7.14. The van der Waals surface area contributed by atoms with Gasteiger partial charge in [-0.3, -0.25) is 4.79 Å².